The van der Waals surface area contributed by atoms with Crippen molar-refractivity contribution in [3.63, 3.8) is 0 Å². The van der Waals surface area contributed by atoms with Gasteiger partial charge in [-0.2, -0.15) is 5.10 Å². The lowest BCUT2D eigenvalue weighted by Gasteiger charge is -2.36. The van der Waals surface area contributed by atoms with Crippen molar-refractivity contribution in [2.75, 3.05) is 13.1 Å². The molecule has 1 aromatic carbocycles. The van der Waals surface area contributed by atoms with Gasteiger partial charge in [-0.05, 0) is 31.0 Å². The molecule has 2 heterocycles. The zero-order chi connectivity index (χ0) is 17.8. The van der Waals surface area contributed by atoms with Gasteiger partial charge in [-0.1, -0.05) is 18.2 Å². The number of nitrogens with one attached hydrogen (secondary N) is 1. The average molecular weight is 342 g/mol. The first kappa shape index (κ1) is 17.2. The molecule has 2 N–H and O–H groups in total. The minimum atomic E-state index is -0.787. The maximum absolute atomic E-state index is 12.4. The van der Waals surface area contributed by atoms with Gasteiger partial charge in [-0.25, -0.2) is 0 Å². The minimum absolute atomic E-state index is 0.101. The van der Waals surface area contributed by atoms with E-state index in [1.165, 1.54) is 0 Å². The first-order valence-corrected chi connectivity index (χ1v) is 8.34. The summed E-state index contributed by atoms with van der Waals surface area (Å²) in [7, 11) is 0. The minimum Gasteiger partial charge on any atom is -0.389 e. The van der Waals surface area contributed by atoms with E-state index in [1.54, 1.807) is 34.1 Å². The highest BCUT2D eigenvalue weighted by Crippen LogP contribution is 2.15. The summed E-state index contributed by atoms with van der Waals surface area (Å²) in [5, 5.41) is 17.2. The fourth-order valence-electron chi connectivity index (χ4n) is 3.00. The maximum atomic E-state index is 12.4. The third-order valence-electron chi connectivity index (χ3n) is 4.30. The number of piperidine rings is 1. The average Bonchev–Trinajstić information content (AvgIpc) is 3.01. The van der Waals surface area contributed by atoms with Crippen LogP contribution in [0.3, 0.4) is 0 Å². The van der Waals surface area contributed by atoms with E-state index in [2.05, 4.69) is 10.4 Å². The normalized spacial score (nSPS) is 20.3. The van der Waals surface area contributed by atoms with Crippen molar-refractivity contribution in [2.45, 2.75) is 32.0 Å². The second-order valence-corrected chi connectivity index (χ2v) is 6.36. The Labute approximate surface area is 146 Å². The number of aromatic nitrogens is 2. The van der Waals surface area contributed by atoms with Crippen LogP contribution in [0.2, 0.25) is 0 Å². The molecular formula is C18H22N4O3. The van der Waals surface area contributed by atoms with Gasteiger partial charge in [-0.15, -0.1) is 0 Å². The molecule has 7 nitrogen and oxygen atoms in total. The van der Waals surface area contributed by atoms with Crippen molar-refractivity contribution in [2.24, 2.45) is 0 Å². The third-order valence-corrected chi connectivity index (χ3v) is 4.30. The largest absolute Gasteiger partial charge is 0.389 e. The molecule has 0 unspecified atom stereocenters. The van der Waals surface area contributed by atoms with Gasteiger partial charge in [0.2, 0.25) is 5.91 Å². The van der Waals surface area contributed by atoms with Crippen molar-refractivity contribution in [1.82, 2.24) is 20.0 Å². The van der Waals surface area contributed by atoms with Gasteiger partial charge in [0.1, 0.15) is 6.54 Å². The Morgan fingerprint density at radius 1 is 1.32 bits per heavy atom. The number of carbonyl (C=O) groups is 2. The molecule has 1 aliphatic rings. The zero-order valence-corrected chi connectivity index (χ0v) is 14.1. The highest BCUT2D eigenvalue weighted by Gasteiger charge is 2.31. The lowest BCUT2D eigenvalue weighted by Crippen LogP contribution is -2.55. The summed E-state index contributed by atoms with van der Waals surface area (Å²) in [6, 6.07) is 8.64. The van der Waals surface area contributed by atoms with E-state index in [1.807, 2.05) is 25.1 Å². The van der Waals surface area contributed by atoms with Crippen LogP contribution < -0.4 is 5.32 Å². The molecule has 1 aliphatic heterocycles. The summed E-state index contributed by atoms with van der Waals surface area (Å²) in [4.78, 5) is 26.2. The van der Waals surface area contributed by atoms with Gasteiger partial charge >= 0.3 is 0 Å². The van der Waals surface area contributed by atoms with Crippen LogP contribution in [0.4, 0.5) is 0 Å². The van der Waals surface area contributed by atoms with E-state index in [0.29, 0.717) is 18.5 Å². The van der Waals surface area contributed by atoms with Crippen molar-refractivity contribution in [1.29, 1.82) is 0 Å². The van der Waals surface area contributed by atoms with Crippen molar-refractivity contribution in [3.05, 3.63) is 53.9 Å². The summed E-state index contributed by atoms with van der Waals surface area (Å²) in [6.07, 6.45) is 3.21. The smallest absolute Gasteiger partial charge is 0.253 e. The Morgan fingerprint density at radius 2 is 2.08 bits per heavy atom. The van der Waals surface area contributed by atoms with E-state index < -0.39 is 6.10 Å². The number of amides is 2. The molecule has 132 valence electrons. The number of hydrogen-bond acceptors (Lipinski definition) is 4. The predicted octanol–water partition coefficient (Wildman–Crippen LogP) is 0.583. The summed E-state index contributed by atoms with van der Waals surface area (Å²) in [6.45, 7) is 2.73. The van der Waals surface area contributed by atoms with Crippen LogP contribution in [-0.4, -0.2) is 56.8 Å². The highest BCUT2D eigenvalue weighted by molar-refractivity contribution is 5.94. The van der Waals surface area contributed by atoms with E-state index >= 15 is 0 Å². The topological polar surface area (TPSA) is 87.5 Å². The molecule has 2 amide bonds. The SMILES string of the molecule is Cc1cnn(CC(=O)N[C@@H]2CCN(C(=O)c3ccccc3)C[C@H]2O)c1. The number of aliphatic hydroxyl groups is 1. The van der Waals surface area contributed by atoms with Crippen LogP contribution >= 0.6 is 0 Å². The van der Waals surface area contributed by atoms with Gasteiger partial charge < -0.3 is 15.3 Å². The molecule has 1 aromatic heterocycles. The molecular weight excluding hydrogens is 320 g/mol. The molecule has 0 radical (unpaired) electrons. The molecule has 3 rings (SSSR count). The molecule has 25 heavy (non-hydrogen) atoms. The van der Waals surface area contributed by atoms with Crippen LogP contribution in [0, 0.1) is 6.92 Å². The number of nitrogens with zero attached hydrogens (tertiary/aromatic N) is 3. The Bertz CT molecular complexity index is 744. The van der Waals surface area contributed by atoms with Crippen LogP contribution in [-0.2, 0) is 11.3 Å². The number of hydrogen-bond donors (Lipinski definition) is 2. The Balaban J connectivity index is 1.53. The van der Waals surface area contributed by atoms with Crippen molar-refractivity contribution >= 4 is 11.8 Å². The highest BCUT2D eigenvalue weighted by atomic mass is 16.3. The molecule has 0 aliphatic carbocycles. The molecule has 1 fully saturated rings. The fraction of sp³-hybridized carbons (Fsp3) is 0.389. The molecule has 2 atom stereocenters. The molecule has 0 saturated carbocycles. The van der Waals surface area contributed by atoms with E-state index in [-0.39, 0.29) is 30.9 Å². The monoisotopic (exact) mass is 342 g/mol. The molecule has 0 bridgehead atoms. The van der Waals surface area contributed by atoms with E-state index in [9.17, 15) is 14.7 Å². The van der Waals surface area contributed by atoms with Crippen LogP contribution in [0.15, 0.2) is 42.7 Å². The van der Waals surface area contributed by atoms with Gasteiger partial charge in [0.15, 0.2) is 0 Å². The lowest BCUT2D eigenvalue weighted by atomic mass is 10.0. The number of β-amino-alcohol motifs (C(OH)–C–C–N with tert-alkyl or cyclic N) is 1. The van der Waals surface area contributed by atoms with E-state index in [0.717, 1.165) is 5.56 Å². The summed E-state index contributed by atoms with van der Waals surface area (Å²) in [5.41, 5.74) is 1.59. The van der Waals surface area contributed by atoms with Crippen LogP contribution in [0.5, 0.6) is 0 Å². The standard InChI is InChI=1S/C18H22N4O3/c1-13-9-19-22(10-13)12-17(24)20-15-7-8-21(11-16(15)23)18(25)14-5-3-2-4-6-14/h2-6,9-10,15-16,23H,7-8,11-12H2,1H3,(H,20,24)/t15-,16-/m1/s1. The third kappa shape index (κ3) is 4.24. The second kappa shape index (κ2) is 7.48. The van der Waals surface area contributed by atoms with Gasteiger partial charge in [-0.3, -0.25) is 14.3 Å². The number of aliphatic hydroxyl groups excluding tert-OH is 1. The summed E-state index contributed by atoms with van der Waals surface area (Å²) >= 11 is 0. The number of benzene rings is 1. The quantitative estimate of drug-likeness (QED) is 0.851. The van der Waals surface area contributed by atoms with Gasteiger partial charge in [0.25, 0.3) is 5.91 Å². The van der Waals surface area contributed by atoms with Gasteiger partial charge in [0.05, 0.1) is 18.3 Å². The zero-order valence-electron chi connectivity index (χ0n) is 14.1. The number of rotatable bonds is 4. The first-order chi connectivity index (χ1) is 12.0. The molecule has 7 heteroatoms. The molecule has 1 saturated heterocycles. The fourth-order valence-corrected chi connectivity index (χ4v) is 3.00. The van der Waals surface area contributed by atoms with Crippen LogP contribution in [0.25, 0.3) is 0 Å². The number of likely N-dealkylation sites (tertiary alicyclic amines) is 1. The summed E-state index contributed by atoms with van der Waals surface area (Å²) in [5.74, 6) is -0.300. The van der Waals surface area contributed by atoms with Crippen LogP contribution in [0.1, 0.15) is 22.3 Å². The van der Waals surface area contributed by atoms with Crippen molar-refractivity contribution in [3.8, 4) is 0 Å². The number of aryl methyl sites for hydroxylation is 1. The number of carbonyl (C=O) groups excluding carboxylic acids is 2. The van der Waals surface area contributed by atoms with Crippen molar-refractivity contribution < 1.29 is 14.7 Å². The first-order valence-electron chi connectivity index (χ1n) is 8.34. The van der Waals surface area contributed by atoms with E-state index in [4.69, 9.17) is 0 Å². The predicted molar refractivity (Wildman–Crippen MR) is 91.9 cm³/mol. The Morgan fingerprint density at radius 3 is 2.72 bits per heavy atom. The lowest BCUT2D eigenvalue weighted by molar-refractivity contribution is -0.124. The molecule has 0 spiro atoms. The van der Waals surface area contributed by atoms with Gasteiger partial charge in [0, 0.05) is 24.8 Å². The Hall–Kier alpha value is -2.67. The summed E-state index contributed by atoms with van der Waals surface area (Å²) < 4.78 is 1.56. The maximum Gasteiger partial charge on any atom is 0.253 e. The Kier molecular flexibility index (Phi) is 5.14. The molecule has 2 aromatic rings. The second-order valence-electron chi connectivity index (χ2n) is 6.36.